The molecule has 1 unspecified atom stereocenters. The first-order valence-electron chi connectivity index (χ1n) is 6.47. The van der Waals surface area contributed by atoms with Gasteiger partial charge in [0, 0.05) is 19.7 Å². The van der Waals surface area contributed by atoms with Crippen LogP contribution in [-0.2, 0) is 25.5 Å². The average molecular weight is 242 g/mol. The molecule has 0 bridgehead atoms. The first kappa shape index (κ1) is 11.5. The van der Waals surface area contributed by atoms with Gasteiger partial charge in [-0.1, -0.05) is 24.3 Å². The van der Waals surface area contributed by atoms with Crippen LogP contribution < -0.4 is 0 Å². The normalized spacial score (nSPS) is 22.8. The molecule has 0 saturated heterocycles. The van der Waals surface area contributed by atoms with Gasteiger partial charge in [-0.2, -0.15) is 5.10 Å². The van der Waals surface area contributed by atoms with Crippen molar-refractivity contribution in [2.75, 3.05) is 0 Å². The number of aryl methyl sites for hydroxylation is 2. The molecule has 1 heterocycles. The van der Waals surface area contributed by atoms with E-state index in [-0.39, 0.29) is 0 Å². The Hall–Kier alpha value is -1.61. The fourth-order valence-electron chi connectivity index (χ4n) is 2.94. The molecule has 1 aliphatic rings. The van der Waals surface area contributed by atoms with Crippen LogP contribution in [-0.4, -0.2) is 14.9 Å². The lowest BCUT2D eigenvalue weighted by atomic mass is 9.77. The van der Waals surface area contributed by atoms with Crippen molar-refractivity contribution in [3.63, 3.8) is 0 Å². The van der Waals surface area contributed by atoms with Gasteiger partial charge in [-0.25, -0.2) is 0 Å². The van der Waals surface area contributed by atoms with Gasteiger partial charge in [0.25, 0.3) is 0 Å². The lowest BCUT2D eigenvalue weighted by Gasteiger charge is -2.34. The summed E-state index contributed by atoms with van der Waals surface area (Å²) >= 11 is 0. The Balaban J connectivity index is 1.95. The molecule has 0 aliphatic heterocycles. The van der Waals surface area contributed by atoms with Gasteiger partial charge >= 0.3 is 0 Å². The molecule has 0 saturated carbocycles. The van der Waals surface area contributed by atoms with Crippen LogP contribution in [0.25, 0.3) is 0 Å². The summed E-state index contributed by atoms with van der Waals surface area (Å²) in [4.78, 5) is 0. The molecule has 1 N–H and O–H groups in total. The number of aliphatic hydroxyl groups is 1. The molecular formula is C15H18N2O. The van der Waals surface area contributed by atoms with Crippen LogP contribution in [0.15, 0.2) is 36.5 Å². The Morgan fingerprint density at radius 2 is 2.17 bits per heavy atom. The number of benzene rings is 1. The van der Waals surface area contributed by atoms with Gasteiger partial charge in [0.15, 0.2) is 0 Å². The van der Waals surface area contributed by atoms with Crippen molar-refractivity contribution >= 4 is 0 Å². The quantitative estimate of drug-likeness (QED) is 0.876. The molecule has 3 heteroatoms. The molecule has 1 aromatic heterocycles. The summed E-state index contributed by atoms with van der Waals surface area (Å²) in [5.74, 6) is 0. The minimum atomic E-state index is -0.747. The summed E-state index contributed by atoms with van der Waals surface area (Å²) in [7, 11) is 1.91. The molecule has 3 nitrogen and oxygen atoms in total. The minimum absolute atomic E-state index is 0.602. The molecule has 3 rings (SSSR count). The van der Waals surface area contributed by atoms with E-state index < -0.39 is 5.60 Å². The first-order chi connectivity index (χ1) is 8.67. The molecule has 0 amide bonds. The monoisotopic (exact) mass is 242 g/mol. The molecule has 1 aromatic carbocycles. The van der Waals surface area contributed by atoms with Crippen molar-refractivity contribution in [3.05, 3.63) is 53.3 Å². The van der Waals surface area contributed by atoms with Crippen LogP contribution >= 0.6 is 0 Å². The van der Waals surface area contributed by atoms with Crippen molar-refractivity contribution in [3.8, 4) is 0 Å². The van der Waals surface area contributed by atoms with E-state index in [0.717, 1.165) is 30.5 Å². The predicted molar refractivity (Wildman–Crippen MR) is 70.2 cm³/mol. The van der Waals surface area contributed by atoms with Gasteiger partial charge < -0.3 is 5.11 Å². The molecular weight excluding hydrogens is 224 g/mol. The van der Waals surface area contributed by atoms with E-state index in [1.165, 1.54) is 5.56 Å². The second-order valence-electron chi connectivity index (χ2n) is 5.20. The van der Waals surface area contributed by atoms with Crippen LogP contribution in [0.4, 0.5) is 0 Å². The van der Waals surface area contributed by atoms with E-state index in [1.54, 1.807) is 4.68 Å². The Morgan fingerprint density at radius 1 is 1.33 bits per heavy atom. The third-order valence-corrected chi connectivity index (χ3v) is 3.80. The number of hydrogen-bond donors (Lipinski definition) is 1. The van der Waals surface area contributed by atoms with E-state index in [9.17, 15) is 5.11 Å². The van der Waals surface area contributed by atoms with Gasteiger partial charge in [-0.3, -0.25) is 4.68 Å². The van der Waals surface area contributed by atoms with Crippen molar-refractivity contribution in [2.45, 2.75) is 31.3 Å². The lowest BCUT2D eigenvalue weighted by molar-refractivity contribution is 0.0180. The van der Waals surface area contributed by atoms with Gasteiger partial charge in [-0.05, 0) is 36.5 Å². The smallest absolute Gasteiger partial charge is 0.0955 e. The van der Waals surface area contributed by atoms with Crippen LogP contribution in [0.5, 0.6) is 0 Å². The number of rotatable bonds is 2. The number of nitrogens with zero attached hydrogens (tertiary/aromatic N) is 2. The van der Waals surface area contributed by atoms with E-state index in [1.807, 2.05) is 31.4 Å². The number of fused-ring (bicyclic) bond motifs is 1. The first-order valence-corrected chi connectivity index (χ1v) is 6.47. The van der Waals surface area contributed by atoms with Gasteiger partial charge in [0.1, 0.15) is 0 Å². The highest BCUT2D eigenvalue weighted by Gasteiger charge is 2.34. The Bertz CT molecular complexity index is 561. The molecule has 1 atom stereocenters. The highest BCUT2D eigenvalue weighted by molar-refractivity contribution is 5.35. The fourth-order valence-corrected chi connectivity index (χ4v) is 2.94. The zero-order chi connectivity index (χ0) is 12.6. The van der Waals surface area contributed by atoms with Crippen LogP contribution in [0.2, 0.25) is 0 Å². The minimum Gasteiger partial charge on any atom is -0.385 e. The Morgan fingerprint density at radius 3 is 2.94 bits per heavy atom. The number of aromatic nitrogens is 2. The highest BCUT2D eigenvalue weighted by Crippen LogP contribution is 2.37. The maximum atomic E-state index is 10.9. The topological polar surface area (TPSA) is 38.0 Å². The molecule has 18 heavy (non-hydrogen) atoms. The molecule has 1 aliphatic carbocycles. The summed E-state index contributed by atoms with van der Waals surface area (Å²) in [6, 6.07) is 10.2. The van der Waals surface area contributed by atoms with E-state index in [0.29, 0.717) is 6.42 Å². The van der Waals surface area contributed by atoms with Crippen molar-refractivity contribution in [1.82, 2.24) is 9.78 Å². The van der Waals surface area contributed by atoms with Crippen LogP contribution in [0, 0.1) is 0 Å². The zero-order valence-electron chi connectivity index (χ0n) is 10.6. The van der Waals surface area contributed by atoms with Crippen LogP contribution in [0.3, 0.4) is 0 Å². The number of hydrogen-bond acceptors (Lipinski definition) is 2. The molecule has 0 fully saturated rings. The van der Waals surface area contributed by atoms with E-state index in [2.05, 4.69) is 17.2 Å². The fraction of sp³-hybridized carbons (Fsp3) is 0.400. The van der Waals surface area contributed by atoms with E-state index in [4.69, 9.17) is 0 Å². The Kier molecular flexibility index (Phi) is 2.71. The summed E-state index contributed by atoms with van der Waals surface area (Å²) in [5.41, 5.74) is 2.57. The van der Waals surface area contributed by atoms with Crippen molar-refractivity contribution < 1.29 is 5.11 Å². The third kappa shape index (κ3) is 1.95. The molecule has 94 valence electrons. The van der Waals surface area contributed by atoms with E-state index >= 15 is 0 Å². The second kappa shape index (κ2) is 4.25. The summed E-state index contributed by atoms with van der Waals surface area (Å²) in [6.07, 6.45) is 5.46. The molecule has 0 spiro atoms. The summed E-state index contributed by atoms with van der Waals surface area (Å²) in [5, 5.41) is 15.3. The lowest BCUT2D eigenvalue weighted by Crippen LogP contribution is -2.33. The van der Waals surface area contributed by atoms with Crippen molar-refractivity contribution in [1.29, 1.82) is 0 Å². The van der Waals surface area contributed by atoms with Gasteiger partial charge in [0.2, 0.25) is 0 Å². The molecule has 2 aromatic rings. The summed E-state index contributed by atoms with van der Waals surface area (Å²) < 4.78 is 1.79. The molecule has 0 radical (unpaired) electrons. The van der Waals surface area contributed by atoms with Gasteiger partial charge in [0.05, 0.1) is 11.3 Å². The largest absolute Gasteiger partial charge is 0.385 e. The highest BCUT2D eigenvalue weighted by atomic mass is 16.3. The summed E-state index contributed by atoms with van der Waals surface area (Å²) in [6.45, 7) is 0. The third-order valence-electron chi connectivity index (χ3n) is 3.80. The standard InChI is InChI=1S/C15H18N2O/c1-17-10-8-13(16-17)11-15(18)9-4-6-12-5-2-3-7-14(12)15/h2-3,5,7-8,10,18H,4,6,9,11H2,1H3. The van der Waals surface area contributed by atoms with Gasteiger partial charge in [-0.15, -0.1) is 0 Å². The zero-order valence-corrected chi connectivity index (χ0v) is 10.6. The second-order valence-corrected chi connectivity index (χ2v) is 5.20. The van der Waals surface area contributed by atoms with Crippen molar-refractivity contribution in [2.24, 2.45) is 7.05 Å². The Labute approximate surface area is 107 Å². The maximum absolute atomic E-state index is 10.9. The average Bonchev–Trinajstić information content (AvgIpc) is 2.75. The predicted octanol–water partition coefficient (Wildman–Crippen LogP) is 2.19. The van der Waals surface area contributed by atoms with Crippen LogP contribution in [0.1, 0.15) is 29.7 Å². The SMILES string of the molecule is Cn1ccc(CC2(O)CCCc3ccccc32)n1. The maximum Gasteiger partial charge on any atom is 0.0955 e.